The molecule has 2 fully saturated rings. The van der Waals surface area contributed by atoms with Crippen molar-refractivity contribution < 1.29 is 5.11 Å². The Hall–Kier alpha value is -0.0800. The molecule has 13 heavy (non-hydrogen) atoms. The van der Waals surface area contributed by atoms with Gasteiger partial charge in [-0.15, -0.1) is 0 Å². The van der Waals surface area contributed by atoms with Crippen LogP contribution in [-0.2, 0) is 0 Å². The molecule has 2 aliphatic rings. The molecular weight excluding hydrogens is 162 g/mol. The maximum absolute atomic E-state index is 9.41. The third-order valence-corrected chi connectivity index (χ3v) is 3.48. The molecule has 1 saturated carbocycles. The van der Waals surface area contributed by atoms with Gasteiger partial charge in [0.05, 0.1) is 6.10 Å². The summed E-state index contributed by atoms with van der Waals surface area (Å²) in [4.78, 5) is 2.59. The molecule has 2 nitrogen and oxygen atoms in total. The smallest absolute Gasteiger partial charge is 0.0543 e. The van der Waals surface area contributed by atoms with E-state index in [-0.39, 0.29) is 6.10 Å². The van der Waals surface area contributed by atoms with Crippen molar-refractivity contribution in [2.24, 2.45) is 5.92 Å². The molecule has 0 bridgehead atoms. The van der Waals surface area contributed by atoms with E-state index < -0.39 is 0 Å². The third kappa shape index (κ3) is 2.68. The zero-order valence-corrected chi connectivity index (χ0v) is 8.41. The second-order valence-electron chi connectivity index (χ2n) is 4.69. The van der Waals surface area contributed by atoms with Crippen molar-refractivity contribution in [3.05, 3.63) is 0 Å². The van der Waals surface area contributed by atoms with E-state index in [2.05, 4.69) is 4.90 Å². The first kappa shape index (κ1) is 9.47. The molecule has 1 N–H and O–H groups in total. The summed E-state index contributed by atoms with van der Waals surface area (Å²) in [6, 6.07) is 0. The Balaban J connectivity index is 1.71. The fourth-order valence-corrected chi connectivity index (χ4v) is 2.72. The molecule has 1 aliphatic heterocycles. The molecule has 0 aromatic carbocycles. The Labute approximate surface area is 80.9 Å². The van der Waals surface area contributed by atoms with E-state index in [1.165, 1.54) is 45.3 Å². The summed E-state index contributed by atoms with van der Waals surface area (Å²) in [6.45, 7) is 3.84. The molecule has 0 aromatic heterocycles. The minimum atomic E-state index is 0.00907. The second-order valence-corrected chi connectivity index (χ2v) is 4.69. The predicted molar refractivity (Wildman–Crippen MR) is 53.6 cm³/mol. The van der Waals surface area contributed by atoms with Crippen molar-refractivity contribution in [2.45, 2.75) is 44.6 Å². The van der Waals surface area contributed by atoms with E-state index in [4.69, 9.17) is 0 Å². The number of hydrogen-bond donors (Lipinski definition) is 1. The molecule has 1 heterocycles. The number of hydrogen-bond acceptors (Lipinski definition) is 2. The molecule has 0 radical (unpaired) electrons. The highest BCUT2D eigenvalue weighted by Gasteiger charge is 2.24. The molecule has 0 amide bonds. The van der Waals surface area contributed by atoms with Crippen LogP contribution < -0.4 is 0 Å². The first-order valence-corrected chi connectivity index (χ1v) is 5.75. The summed E-state index contributed by atoms with van der Waals surface area (Å²) in [5.74, 6) is 0.785. The van der Waals surface area contributed by atoms with Gasteiger partial charge in [-0.3, -0.25) is 0 Å². The molecule has 0 spiro atoms. The van der Waals surface area contributed by atoms with E-state index in [1.807, 2.05) is 0 Å². The molecule has 2 rings (SSSR count). The topological polar surface area (TPSA) is 23.5 Å². The summed E-state index contributed by atoms with van der Waals surface area (Å²) in [5.41, 5.74) is 0. The Bertz CT molecular complexity index is 151. The SMILES string of the molecule is OC1CCC(CN2CCCCC2)C1. The van der Waals surface area contributed by atoms with Crippen LogP contribution in [0.4, 0.5) is 0 Å². The lowest BCUT2D eigenvalue weighted by Crippen LogP contribution is -2.33. The van der Waals surface area contributed by atoms with Crippen molar-refractivity contribution in [1.82, 2.24) is 4.90 Å². The van der Waals surface area contributed by atoms with Crippen molar-refractivity contribution in [3.8, 4) is 0 Å². The molecule has 2 unspecified atom stereocenters. The van der Waals surface area contributed by atoms with Gasteiger partial charge in [-0.05, 0) is 51.1 Å². The highest BCUT2D eigenvalue weighted by Crippen LogP contribution is 2.26. The number of aliphatic hydroxyl groups is 1. The first-order valence-electron chi connectivity index (χ1n) is 5.75. The maximum Gasteiger partial charge on any atom is 0.0543 e. The Kier molecular flexibility index (Phi) is 3.23. The fraction of sp³-hybridized carbons (Fsp3) is 1.00. The fourth-order valence-electron chi connectivity index (χ4n) is 2.72. The second kappa shape index (κ2) is 4.43. The van der Waals surface area contributed by atoms with Crippen LogP contribution in [0.2, 0.25) is 0 Å². The minimum absolute atomic E-state index is 0.00907. The molecular formula is C11H21NO. The molecule has 0 aromatic rings. The number of nitrogens with zero attached hydrogens (tertiary/aromatic N) is 1. The number of likely N-dealkylation sites (tertiary alicyclic amines) is 1. The van der Waals surface area contributed by atoms with E-state index in [0.29, 0.717) is 0 Å². The lowest BCUT2D eigenvalue weighted by molar-refractivity contribution is 0.160. The van der Waals surface area contributed by atoms with Crippen LogP contribution in [0, 0.1) is 5.92 Å². The summed E-state index contributed by atoms with van der Waals surface area (Å²) in [6.07, 6.45) is 7.54. The third-order valence-electron chi connectivity index (χ3n) is 3.48. The summed E-state index contributed by atoms with van der Waals surface area (Å²) in [7, 11) is 0. The van der Waals surface area contributed by atoms with E-state index in [1.54, 1.807) is 0 Å². The highest BCUT2D eigenvalue weighted by atomic mass is 16.3. The lowest BCUT2D eigenvalue weighted by atomic mass is 10.1. The predicted octanol–water partition coefficient (Wildman–Crippen LogP) is 1.63. The van der Waals surface area contributed by atoms with Crippen molar-refractivity contribution in [3.63, 3.8) is 0 Å². The van der Waals surface area contributed by atoms with Gasteiger partial charge in [-0.25, -0.2) is 0 Å². The van der Waals surface area contributed by atoms with E-state index in [9.17, 15) is 5.11 Å². The van der Waals surface area contributed by atoms with Crippen LogP contribution >= 0.6 is 0 Å². The molecule has 1 saturated heterocycles. The summed E-state index contributed by atoms with van der Waals surface area (Å²) >= 11 is 0. The van der Waals surface area contributed by atoms with Gasteiger partial charge in [0.1, 0.15) is 0 Å². The van der Waals surface area contributed by atoms with Crippen molar-refractivity contribution in [2.75, 3.05) is 19.6 Å². The summed E-state index contributed by atoms with van der Waals surface area (Å²) in [5, 5.41) is 9.41. The number of rotatable bonds is 2. The van der Waals surface area contributed by atoms with Gasteiger partial charge in [-0.2, -0.15) is 0 Å². The van der Waals surface area contributed by atoms with Crippen LogP contribution in [0.1, 0.15) is 38.5 Å². The Morgan fingerprint density at radius 3 is 2.46 bits per heavy atom. The van der Waals surface area contributed by atoms with Crippen LogP contribution in [0.25, 0.3) is 0 Å². The average molecular weight is 183 g/mol. The van der Waals surface area contributed by atoms with Gasteiger partial charge < -0.3 is 10.0 Å². The lowest BCUT2D eigenvalue weighted by Gasteiger charge is -2.28. The van der Waals surface area contributed by atoms with E-state index in [0.717, 1.165) is 18.8 Å². The van der Waals surface area contributed by atoms with Gasteiger partial charge in [0.25, 0.3) is 0 Å². The Morgan fingerprint density at radius 2 is 1.85 bits per heavy atom. The average Bonchev–Trinajstić information content (AvgIpc) is 2.53. The normalized spacial score (nSPS) is 36.7. The zero-order chi connectivity index (χ0) is 9.10. The van der Waals surface area contributed by atoms with Gasteiger partial charge >= 0.3 is 0 Å². The maximum atomic E-state index is 9.41. The van der Waals surface area contributed by atoms with Gasteiger partial charge in [0.15, 0.2) is 0 Å². The molecule has 2 heteroatoms. The van der Waals surface area contributed by atoms with Crippen LogP contribution in [0.15, 0.2) is 0 Å². The van der Waals surface area contributed by atoms with Crippen molar-refractivity contribution in [1.29, 1.82) is 0 Å². The van der Waals surface area contributed by atoms with Gasteiger partial charge in [0, 0.05) is 6.54 Å². The van der Waals surface area contributed by atoms with Crippen LogP contribution in [-0.4, -0.2) is 35.7 Å². The quantitative estimate of drug-likeness (QED) is 0.703. The zero-order valence-electron chi connectivity index (χ0n) is 8.41. The standard InChI is InChI=1S/C11H21NO/c13-11-5-4-10(8-11)9-12-6-2-1-3-7-12/h10-11,13H,1-9H2. The highest BCUT2D eigenvalue weighted by molar-refractivity contribution is 4.78. The monoisotopic (exact) mass is 183 g/mol. The van der Waals surface area contributed by atoms with Crippen LogP contribution in [0.3, 0.4) is 0 Å². The Morgan fingerprint density at radius 1 is 1.08 bits per heavy atom. The van der Waals surface area contributed by atoms with E-state index >= 15 is 0 Å². The number of aliphatic hydroxyl groups excluding tert-OH is 1. The van der Waals surface area contributed by atoms with Gasteiger partial charge in [-0.1, -0.05) is 6.42 Å². The van der Waals surface area contributed by atoms with Gasteiger partial charge in [0.2, 0.25) is 0 Å². The number of piperidine rings is 1. The minimum Gasteiger partial charge on any atom is -0.393 e. The summed E-state index contributed by atoms with van der Waals surface area (Å²) < 4.78 is 0. The molecule has 76 valence electrons. The molecule has 1 aliphatic carbocycles. The van der Waals surface area contributed by atoms with Crippen molar-refractivity contribution >= 4 is 0 Å². The first-order chi connectivity index (χ1) is 6.34. The molecule has 2 atom stereocenters. The largest absolute Gasteiger partial charge is 0.393 e. The van der Waals surface area contributed by atoms with Crippen LogP contribution in [0.5, 0.6) is 0 Å².